The van der Waals surface area contributed by atoms with E-state index in [-0.39, 0.29) is 50.2 Å². The summed E-state index contributed by atoms with van der Waals surface area (Å²) in [7, 11) is 0. The fraction of sp³-hybridized carbons (Fsp3) is 0.750. The van der Waals surface area contributed by atoms with Crippen molar-refractivity contribution in [2.45, 2.75) is 121 Å². The summed E-state index contributed by atoms with van der Waals surface area (Å²) in [6.45, 7) is 2.17. The molecule has 0 amide bonds. The molecule has 4 rings (SSSR count). The minimum atomic E-state index is -3.39. The number of benzene rings is 1. The minimum absolute atomic E-state index is 0.0378. The molecule has 0 heterocycles. The quantitative estimate of drug-likeness (QED) is 0.159. The highest BCUT2D eigenvalue weighted by Crippen LogP contribution is 2.45. The fourth-order valence-electron chi connectivity index (χ4n) is 6.82. The van der Waals surface area contributed by atoms with Crippen molar-refractivity contribution >= 4 is 0 Å². The predicted octanol–water partition coefficient (Wildman–Crippen LogP) is 10.4. The van der Waals surface area contributed by atoms with E-state index in [1.165, 1.54) is 0 Å². The number of ether oxygens (including phenoxy) is 4. The van der Waals surface area contributed by atoms with Gasteiger partial charge in [0, 0.05) is 12.1 Å². The maximum atomic E-state index is 15.1. The van der Waals surface area contributed by atoms with Crippen LogP contribution in [-0.4, -0.2) is 31.0 Å². The number of hydrogen-bond acceptors (Lipinski definition) is 4. The lowest BCUT2D eigenvalue weighted by Gasteiger charge is -2.39. The molecule has 4 nitrogen and oxygen atoms in total. The first-order valence-electron chi connectivity index (χ1n) is 15.8. The third kappa shape index (κ3) is 9.71. The second-order valence-electron chi connectivity index (χ2n) is 12.5. The molecular formula is C32H42F8O4. The maximum absolute atomic E-state index is 15.1. The largest absolute Gasteiger partial charge is 0.493 e. The first-order chi connectivity index (χ1) is 20.9. The van der Waals surface area contributed by atoms with Crippen molar-refractivity contribution in [3.05, 3.63) is 36.1 Å². The van der Waals surface area contributed by atoms with Crippen LogP contribution in [0.4, 0.5) is 35.1 Å². The number of halogens is 8. The van der Waals surface area contributed by atoms with Crippen molar-refractivity contribution in [1.29, 1.82) is 0 Å². The summed E-state index contributed by atoms with van der Waals surface area (Å²) in [5.74, 6) is -5.02. The predicted molar refractivity (Wildman–Crippen MR) is 147 cm³/mol. The Morgan fingerprint density at radius 3 is 1.66 bits per heavy atom. The molecular weight excluding hydrogens is 600 g/mol. The molecule has 0 aliphatic heterocycles. The molecule has 3 aliphatic rings. The van der Waals surface area contributed by atoms with E-state index in [9.17, 15) is 26.3 Å². The topological polar surface area (TPSA) is 36.9 Å². The maximum Gasteiger partial charge on any atom is 0.358 e. The number of alkyl halides is 4. The molecule has 0 aromatic heterocycles. The van der Waals surface area contributed by atoms with Gasteiger partial charge >= 0.3 is 18.3 Å². The summed E-state index contributed by atoms with van der Waals surface area (Å²) in [5, 5.41) is 0. The standard InChI is InChI=1S/C32H42F8O4/c1-2-3-20-4-8-22(9-5-20)31(37,38)44-25-14-10-23(11-15-25)32(39,40)43-24-12-6-21(7-13-24)18-41-26-16-27(33)30(28(34)17-26)42-19-29(35)36/h16-17,19-25H,2-15,18H2,1H3. The summed E-state index contributed by atoms with van der Waals surface area (Å²) >= 11 is 0. The normalized spacial score (nSPS) is 28.4. The SMILES string of the molecule is CCCC1CCC(C(F)(F)OC2CCC(C(F)(F)OC3CCC(COc4cc(F)c(OC=C(F)F)c(F)c4)CC3)CC2)CC1. The summed E-state index contributed by atoms with van der Waals surface area (Å²) in [6.07, 6.45) is -3.89. The van der Waals surface area contributed by atoms with E-state index < -0.39 is 59.7 Å². The fourth-order valence-corrected chi connectivity index (χ4v) is 6.82. The lowest BCUT2D eigenvalue weighted by molar-refractivity contribution is -0.319. The van der Waals surface area contributed by atoms with Crippen molar-refractivity contribution in [2.75, 3.05) is 6.61 Å². The zero-order valence-corrected chi connectivity index (χ0v) is 25.0. The Labute approximate surface area is 253 Å². The molecule has 44 heavy (non-hydrogen) atoms. The Kier molecular flexibility index (Phi) is 12.2. The second-order valence-corrected chi connectivity index (χ2v) is 12.5. The molecule has 0 unspecified atom stereocenters. The van der Waals surface area contributed by atoms with Crippen LogP contribution >= 0.6 is 0 Å². The van der Waals surface area contributed by atoms with Gasteiger partial charge in [-0.05, 0) is 88.9 Å². The van der Waals surface area contributed by atoms with Crippen LogP contribution in [0, 0.1) is 35.3 Å². The van der Waals surface area contributed by atoms with E-state index in [1.54, 1.807) is 0 Å². The first-order valence-corrected chi connectivity index (χ1v) is 15.8. The molecule has 3 fully saturated rings. The Hall–Kier alpha value is -2.08. The third-order valence-corrected chi connectivity index (χ3v) is 9.33. The minimum Gasteiger partial charge on any atom is -0.493 e. The van der Waals surface area contributed by atoms with Crippen LogP contribution in [0.15, 0.2) is 24.5 Å². The molecule has 0 spiro atoms. The lowest BCUT2D eigenvalue weighted by atomic mass is 9.79. The molecule has 0 bridgehead atoms. The number of rotatable bonds is 13. The van der Waals surface area contributed by atoms with Crippen molar-refractivity contribution < 1.29 is 54.1 Å². The number of hydrogen-bond donors (Lipinski definition) is 0. The van der Waals surface area contributed by atoms with Gasteiger partial charge in [0.15, 0.2) is 23.6 Å². The van der Waals surface area contributed by atoms with Gasteiger partial charge in [-0.1, -0.05) is 19.8 Å². The summed E-state index contributed by atoms with van der Waals surface area (Å²) < 4.78 is 132. The average Bonchev–Trinajstić information content (AvgIpc) is 2.96. The van der Waals surface area contributed by atoms with Gasteiger partial charge in [0.2, 0.25) is 0 Å². The molecule has 12 heteroatoms. The van der Waals surface area contributed by atoms with Gasteiger partial charge in [0.05, 0.1) is 30.7 Å². The highest BCUT2D eigenvalue weighted by molar-refractivity contribution is 5.35. The summed E-state index contributed by atoms with van der Waals surface area (Å²) in [6, 6.07) is 1.63. The Balaban J connectivity index is 1.16. The van der Waals surface area contributed by atoms with Crippen molar-refractivity contribution in [2.24, 2.45) is 23.7 Å². The van der Waals surface area contributed by atoms with Crippen LogP contribution in [0.5, 0.6) is 11.5 Å². The molecule has 1 aromatic rings. The van der Waals surface area contributed by atoms with Gasteiger partial charge in [0.25, 0.3) is 0 Å². The average molecular weight is 643 g/mol. The van der Waals surface area contributed by atoms with Gasteiger partial charge in [-0.25, -0.2) is 8.78 Å². The molecule has 250 valence electrons. The van der Waals surface area contributed by atoms with Crippen LogP contribution in [0.1, 0.15) is 96.8 Å². The van der Waals surface area contributed by atoms with Gasteiger partial charge in [0.1, 0.15) is 5.75 Å². The molecule has 0 saturated heterocycles. The van der Waals surface area contributed by atoms with Gasteiger partial charge in [-0.2, -0.15) is 26.3 Å². The molecule has 0 N–H and O–H groups in total. The zero-order chi connectivity index (χ0) is 31.9. The van der Waals surface area contributed by atoms with Crippen LogP contribution < -0.4 is 9.47 Å². The molecule has 3 aliphatic carbocycles. The zero-order valence-electron chi connectivity index (χ0n) is 25.0. The van der Waals surface area contributed by atoms with E-state index in [2.05, 4.69) is 11.7 Å². The highest BCUT2D eigenvalue weighted by Gasteiger charge is 2.48. The van der Waals surface area contributed by atoms with E-state index in [0.29, 0.717) is 44.4 Å². The Morgan fingerprint density at radius 2 is 1.18 bits per heavy atom. The van der Waals surface area contributed by atoms with E-state index in [0.717, 1.165) is 37.8 Å². The van der Waals surface area contributed by atoms with Crippen molar-refractivity contribution in [3.8, 4) is 11.5 Å². The molecule has 1 aromatic carbocycles. The van der Waals surface area contributed by atoms with Crippen LogP contribution in [0.2, 0.25) is 0 Å². The third-order valence-electron chi connectivity index (χ3n) is 9.33. The van der Waals surface area contributed by atoms with Crippen LogP contribution in [-0.2, 0) is 9.47 Å². The van der Waals surface area contributed by atoms with Crippen molar-refractivity contribution in [3.63, 3.8) is 0 Å². The van der Waals surface area contributed by atoms with E-state index >= 15 is 8.78 Å². The van der Waals surface area contributed by atoms with Crippen LogP contribution in [0.25, 0.3) is 0 Å². The molecule has 3 saturated carbocycles. The van der Waals surface area contributed by atoms with E-state index in [1.807, 2.05) is 0 Å². The Morgan fingerprint density at radius 1 is 0.727 bits per heavy atom. The summed E-state index contributed by atoms with van der Waals surface area (Å²) in [5.41, 5.74) is 0. The van der Waals surface area contributed by atoms with Crippen molar-refractivity contribution in [1.82, 2.24) is 0 Å². The first kappa shape index (κ1) is 34.8. The second kappa shape index (κ2) is 15.5. The van der Waals surface area contributed by atoms with Gasteiger partial charge in [-0.15, -0.1) is 0 Å². The monoisotopic (exact) mass is 642 g/mol. The molecule has 0 radical (unpaired) electrons. The van der Waals surface area contributed by atoms with Crippen LogP contribution in [0.3, 0.4) is 0 Å². The van der Waals surface area contributed by atoms with E-state index in [4.69, 9.17) is 14.2 Å². The van der Waals surface area contributed by atoms with Gasteiger partial charge in [-0.3, -0.25) is 0 Å². The highest BCUT2D eigenvalue weighted by atomic mass is 19.3. The lowest BCUT2D eigenvalue weighted by Crippen LogP contribution is -2.42. The summed E-state index contributed by atoms with van der Waals surface area (Å²) in [4.78, 5) is 0. The Bertz CT molecular complexity index is 1050. The smallest absolute Gasteiger partial charge is 0.358 e. The molecule has 0 atom stereocenters. The van der Waals surface area contributed by atoms with Gasteiger partial charge < -0.3 is 18.9 Å².